The van der Waals surface area contributed by atoms with Crippen LogP contribution in [-0.4, -0.2) is 25.0 Å². The second kappa shape index (κ2) is 6.68. The minimum atomic E-state index is -0.465. The molecule has 2 N–H and O–H groups in total. The van der Waals surface area contributed by atoms with Crippen molar-refractivity contribution in [2.75, 3.05) is 18.1 Å². The molecule has 0 aliphatic carbocycles. The van der Waals surface area contributed by atoms with E-state index in [-0.39, 0.29) is 13.2 Å². The second-order valence-electron chi connectivity index (χ2n) is 3.62. The van der Waals surface area contributed by atoms with E-state index in [9.17, 15) is 14.7 Å². The van der Waals surface area contributed by atoms with Crippen molar-refractivity contribution in [3.8, 4) is 0 Å². The van der Waals surface area contributed by atoms with Gasteiger partial charge in [-0.05, 0) is 17.7 Å². The maximum atomic E-state index is 11.6. The lowest BCUT2D eigenvalue weighted by Crippen LogP contribution is -2.39. The van der Waals surface area contributed by atoms with Gasteiger partial charge in [-0.1, -0.05) is 24.3 Å². The molecule has 0 aromatic heterocycles. The van der Waals surface area contributed by atoms with E-state index in [2.05, 4.69) is 0 Å². The molecule has 1 radical (unpaired) electrons. The van der Waals surface area contributed by atoms with Crippen LogP contribution in [0.2, 0.25) is 0 Å². The summed E-state index contributed by atoms with van der Waals surface area (Å²) in [6.45, 7) is 0.746. The van der Waals surface area contributed by atoms with Crippen LogP contribution in [0.1, 0.15) is 12.5 Å². The number of benzene rings is 1. The first-order valence-corrected chi connectivity index (χ1v) is 5.48. The summed E-state index contributed by atoms with van der Waals surface area (Å²) >= 11 is 0. The highest BCUT2D eigenvalue weighted by molar-refractivity contribution is 6.14. The van der Waals surface area contributed by atoms with Gasteiger partial charge in [-0.3, -0.25) is 9.59 Å². The summed E-state index contributed by atoms with van der Waals surface area (Å²) in [6, 6.07) is 6.78. The zero-order chi connectivity index (χ0) is 13.5. The first kappa shape index (κ1) is 14.1. The quantitative estimate of drug-likeness (QED) is 0.860. The lowest BCUT2D eigenvalue weighted by atomic mass is 10.1. The van der Waals surface area contributed by atoms with Crippen LogP contribution in [0.15, 0.2) is 30.3 Å². The average molecular weight is 247 g/mol. The van der Waals surface area contributed by atoms with Gasteiger partial charge in [0.2, 0.25) is 11.8 Å². The summed E-state index contributed by atoms with van der Waals surface area (Å²) in [4.78, 5) is 24.1. The molecule has 95 valence electrons. The van der Waals surface area contributed by atoms with E-state index in [1.807, 2.05) is 0 Å². The normalized spacial score (nSPS) is 10.6. The minimum absolute atomic E-state index is 0.236. The topological polar surface area (TPSA) is 83.3 Å². The lowest BCUT2D eigenvalue weighted by molar-refractivity contribution is -0.124. The SMILES string of the molecule is CC(=O)N(C(=O)CN)c1cccc(C=CC[O])c1. The number of rotatable bonds is 4. The summed E-state index contributed by atoms with van der Waals surface area (Å²) in [5.41, 5.74) is 6.47. The molecule has 0 aliphatic rings. The van der Waals surface area contributed by atoms with Crippen LogP contribution in [0.3, 0.4) is 0 Å². The molecule has 0 bridgehead atoms. The Balaban J connectivity index is 3.09. The fourth-order valence-electron chi connectivity index (χ4n) is 1.54. The molecule has 5 heteroatoms. The predicted molar refractivity (Wildman–Crippen MR) is 68.3 cm³/mol. The van der Waals surface area contributed by atoms with Gasteiger partial charge in [0.15, 0.2) is 0 Å². The number of carbonyl (C=O) groups is 2. The number of amides is 2. The van der Waals surface area contributed by atoms with E-state index in [1.165, 1.54) is 13.0 Å². The van der Waals surface area contributed by atoms with Gasteiger partial charge >= 0.3 is 0 Å². The highest BCUT2D eigenvalue weighted by Gasteiger charge is 2.18. The van der Waals surface area contributed by atoms with Crippen molar-refractivity contribution < 1.29 is 14.7 Å². The molecule has 0 heterocycles. The van der Waals surface area contributed by atoms with Crippen LogP contribution >= 0.6 is 0 Å². The van der Waals surface area contributed by atoms with Crippen LogP contribution in [0.4, 0.5) is 5.69 Å². The fraction of sp³-hybridized carbons (Fsp3) is 0.231. The fourth-order valence-corrected chi connectivity index (χ4v) is 1.54. The average Bonchev–Trinajstić information content (AvgIpc) is 2.36. The van der Waals surface area contributed by atoms with Gasteiger partial charge in [-0.25, -0.2) is 10.0 Å². The van der Waals surface area contributed by atoms with Gasteiger partial charge in [-0.15, -0.1) is 0 Å². The Morgan fingerprint density at radius 2 is 2.11 bits per heavy atom. The summed E-state index contributed by atoms with van der Waals surface area (Å²) in [5, 5.41) is 10.4. The van der Waals surface area contributed by atoms with Gasteiger partial charge in [-0.2, -0.15) is 0 Å². The molecule has 18 heavy (non-hydrogen) atoms. The highest BCUT2D eigenvalue weighted by atomic mass is 16.2. The third kappa shape index (κ3) is 3.51. The number of hydrogen-bond acceptors (Lipinski definition) is 3. The molecule has 2 amide bonds. The molecule has 1 aromatic carbocycles. The monoisotopic (exact) mass is 247 g/mol. The van der Waals surface area contributed by atoms with Crippen LogP contribution in [0.5, 0.6) is 0 Å². The summed E-state index contributed by atoms with van der Waals surface area (Å²) in [6.07, 6.45) is 3.10. The largest absolute Gasteiger partial charge is 0.322 e. The number of carbonyl (C=O) groups excluding carboxylic acids is 2. The molecule has 1 aromatic rings. The molecular formula is C13H15N2O3. The van der Waals surface area contributed by atoms with E-state index in [4.69, 9.17) is 5.73 Å². The summed E-state index contributed by atoms with van der Waals surface area (Å²) in [5.74, 6) is -0.858. The maximum Gasteiger partial charge on any atom is 0.247 e. The Labute approximate surface area is 106 Å². The van der Waals surface area contributed by atoms with Gasteiger partial charge in [0.1, 0.15) is 6.61 Å². The zero-order valence-electron chi connectivity index (χ0n) is 10.1. The summed E-state index contributed by atoms with van der Waals surface area (Å²) in [7, 11) is 0. The minimum Gasteiger partial charge on any atom is -0.322 e. The molecule has 1 rings (SSSR count). The Kier molecular flexibility index (Phi) is 5.23. The third-order valence-electron chi connectivity index (χ3n) is 2.27. The number of nitrogens with two attached hydrogens (primary N) is 1. The molecular weight excluding hydrogens is 232 g/mol. The number of nitrogens with zero attached hydrogens (tertiary/aromatic N) is 1. The van der Waals surface area contributed by atoms with Gasteiger partial charge < -0.3 is 5.73 Å². The van der Waals surface area contributed by atoms with Crippen LogP contribution in [-0.2, 0) is 14.7 Å². The lowest BCUT2D eigenvalue weighted by Gasteiger charge is -2.18. The number of hydrogen-bond donors (Lipinski definition) is 1. The van der Waals surface area contributed by atoms with Crippen molar-refractivity contribution in [3.05, 3.63) is 35.9 Å². The van der Waals surface area contributed by atoms with E-state index in [1.54, 1.807) is 30.3 Å². The Morgan fingerprint density at radius 1 is 1.39 bits per heavy atom. The van der Waals surface area contributed by atoms with Gasteiger partial charge in [0.05, 0.1) is 12.2 Å². The second-order valence-corrected chi connectivity index (χ2v) is 3.62. The van der Waals surface area contributed by atoms with Crippen LogP contribution < -0.4 is 10.6 Å². The smallest absolute Gasteiger partial charge is 0.247 e. The first-order chi connectivity index (χ1) is 8.60. The van der Waals surface area contributed by atoms with Gasteiger partial charge in [0, 0.05) is 6.92 Å². The van der Waals surface area contributed by atoms with Crippen LogP contribution in [0.25, 0.3) is 6.08 Å². The molecule has 0 saturated heterocycles. The number of anilines is 1. The highest BCUT2D eigenvalue weighted by Crippen LogP contribution is 2.17. The Hall–Kier alpha value is -1.98. The van der Waals surface area contributed by atoms with E-state index >= 15 is 0 Å². The third-order valence-corrected chi connectivity index (χ3v) is 2.27. The number of imide groups is 1. The predicted octanol–water partition coefficient (Wildman–Crippen LogP) is 0.968. The van der Waals surface area contributed by atoms with Crippen molar-refractivity contribution >= 4 is 23.6 Å². The Morgan fingerprint density at radius 3 is 2.67 bits per heavy atom. The molecule has 0 saturated carbocycles. The molecule has 0 aliphatic heterocycles. The molecule has 0 atom stereocenters. The van der Waals surface area contributed by atoms with Crippen LogP contribution in [0, 0.1) is 0 Å². The molecule has 5 nitrogen and oxygen atoms in total. The van der Waals surface area contributed by atoms with Crippen molar-refractivity contribution in [3.63, 3.8) is 0 Å². The van der Waals surface area contributed by atoms with E-state index in [0.717, 1.165) is 10.5 Å². The maximum absolute atomic E-state index is 11.6. The molecule has 0 fully saturated rings. The van der Waals surface area contributed by atoms with Crippen molar-refractivity contribution in [1.82, 2.24) is 0 Å². The summed E-state index contributed by atoms with van der Waals surface area (Å²) < 4.78 is 0. The van der Waals surface area contributed by atoms with E-state index < -0.39 is 11.8 Å². The first-order valence-electron chi connectivity index (χ1n) is 5.48. The van der Waals surface area contributed by atoms with Crippen molar-refractivity contribution in [1.29, 1.82) is 0 Å². The van der Waals surface area contributed by atoms with Crippen molar-refractivity contribution in [2.45, 2.75) is 6.92 Å². The zero-order valence-corrected chi connectivity index (χ0v) is 10.1. The van der Waals surface area contributed by atoms with Crippen molar-refractivity contribution in [2.24, 2.45) is 5.73 Å². The van der Waals surface area contributed by atoms with E-state index in [0.29, 0.717) is 5.69 Å². The van der Waals surface area contributed by atoms with Gasteiger partial charge in [0.25, 0.3) is 0 Å². The molecule has 0 spiro atoms. The standard InChI is InChI=1S/C13H15N2O3/c1-10(17)15(13(18)9-14)12-6-2-4-11(8-12)5-3-7-16/h2-6,8H,7,9,14H2,1H3. The molecule has 0 unspecified atom stereocenters. The Bertz CT molecular complexity index is 469.